The van der Waals surface area contributed by atoms with Crippen molar-refractivity contribution in [2.45, 2.75) is 6.92 Å². The number of nitrogens with zero attached hydrogens (tertiary/aromatic N) is 2. The number of hydrogen-bond donors (Lipinski definition) is 0. The first kappa shape index (κ1) is 25.6. The van der Waals surface area contributed by atoms with Crippen LogP contribution in [0.15, 0.2) is 91.0 Å². The van der Waals surface area contributed by atoms with E-state index in [1.807, 2.05) is 67.6 Å². The normalized spacial score (nSPS) is 10.7. The number of esters is 1. The molecular formula is C32H26N2O5. The molecule has 0 aliphatic carbocycles. The number of hydrogen-bond acceptors (Lipinski definition) is 7. The van der Waals surface area contributed by atoms with Crippen LogP contribution in [0, 0.1) is 6.92 Å². The Morgan fingerprint density at radius 1 is 0.641 bits per heavy atom. The van der Waals surface area contributed by atoms with E-state index in [9.17, 15) is 9.59 Å². The van der Waals surface area contributed by atoms with Crippen LogP contribution >= 0.6 is 0 Å². The van der Waals surface area contributed by atoms with Gasteiger partial charge >= 0.3 is 5.97 Å². The molecule has 1 aromatic heterocycles. The Bertz CT molecular complexity index is 1640. The number of aryl methyl sites for hydroxylation is 1. The molecule has 5 rings (SSSR count). The van der Waals surface area contributed by atoms with Crippen LogP contribution in [0.3, 0.4) is 0 Å². The van der Waals surface area contributed by atoms with E-state index in [4.69, 9.17) is 24.2 Å². The molecule has 0 saturated carbocycles. The van der Waals surface area contributed by atoms with Crippen LogP contribution in [0.5, 0.6) is 11.5 Å². The molecule has 5 aromatic rings. The minimum Gasteiger partial charge on any atom is -0.497 e. The Kier molecular flexibility index (Phi) is 7.32. The van der Waals surface area contributed by atoms with Gasteiger partial charge in [0, 0.05) is 16.7 Å². The number of methoxy groups -OCH3 is 2. The largest absolute Gasteiger partial charge is 0.497 e. The van der Waals surface area contributed by atoms with Gasteiger partial charge in [0.15, 0.2) is 12.4 Å². The maximum absolute atomic E-state index is 12.8. The van der Waals surface area contributed by atoms with E-state index in [0.717, 1.165) is 28.2 Å². The molecule has 0 radical (unpaired) electrons. The summed E-state index contributed by atoms with van der Waals surface area (Å²) in [5.74, 6) is 0.588. The third kappa shape index (κ3) is 5.62. The van der Waals surface area contributed by atoms with Crippen molar-refractivity contribution in [3.05, 3.63) is 108 Å². The minimum absolute atomic E-state index is 0.269. The summed E-state index contributed by atoms with van der Waals surface area (Å²) in [5.41, 5.74) is 6.01. The standard InChI is InChI=1S/C32H26N2O5/c1-20-4-6-21(7-5-20)29(35)19-39-32(36)24-12-17-27-28(18-24)34-31(23-10-15-26(38-3)16-11-23)30(33-27)22-8-13-25(37-2)14-9-22/h4-18H,19H2,1-3H3. The number of rotatable bonds is 8. The van der Waals surface area contributed by atoms with Gasteiger partial charge in [0.1, 0.15) is 11.5 Å². The third-order valence-electron chi connectivity index (χ3n) is 6.33. The Balaban J connectivity index is 1.48. The average molecular weight is 519 g/mol. The van der Waals surface area contributed by atoms with Gasteiger partial charge in [-0.15, -0.1) is 0 Å². The van der Waals surface area contributed by atoms with Gasteiger partial charge < -0.3 is 14.2 Å². The van der Waals surface area contributed by atoms with Crippen LogP contribution in [-0.4, -0.2) is 42.5 Å². The van der Waals surface area contributed by atoms with Crippen molar-refractivity contribution in [3.63, 3.8) is 0 Å². The summed E-state index contributed by atoms with van der Waals surface area (Å²) in [7, 11) is 3.23. The lowest BCUT2D eigenvalue weighted by molar-refractivity contribution is 0.0475. The summed E-state index contributed by atoms with van der Waals surface area (Å²) in [6.07, 6.45) is 0. The SMILES string of the molecule is COc1ccc(-c2nc3ccc(C(=O)OCC(=O)c4ccc(C)cc4)cc3nc2-c2ccc(OC)cc2)cc1. The number of carbonyl (C=O) groups excluding carboxylic acids is 2. The van der Waals surface area contributed by atoms with E-state index in [2.05, 4.69) is 0 Å². The van der Waals surface area contributed by atoms with Gasteiger partial charge in [0.05, 0.1) is 42.2 Å². The number of ether oxygens (including phenoxy) is 3. The second-order valence-electron chi connectivity index (χ2n) is 8.95. The van der Waals surface area contributed by atoms with Gasteiger partial charge in [-0.2, -0.15) is 0 Å². The Labute approximate surface area is 226 Å². The maximum atomic E-state index is 12.8. The van der Waals surface area contributed by atoms with Crippen molar-refractivity contribution < 1.29 is 23.8 Å². The summed E-state index contributed by atoms with van der Waals surface area (Å²) in [6.45, 7) is 1.59. The van der Waals surface area contributed by atoms with Crippen LogP contribution in [0.25, 0.3) is 33.5 Å². The molecule has 0 N–H and O–H groups in total. The highest BCUT2D eigenvalue weighted by Crippen LogP contribution is 2.33. The summed E-state index contributed by atoms with van der Waals surface area (Å²) in [6, 6.07) is 27.3. The fourth-order valence-corrected chi connectivity index (χ4v) is 4.12. The van der Waals surface area contributed by atoms with Crippen LogP contribution in [-0.2, 0) is 4.74 Å². The second kappa shape index (κ2) is 11.1. The summed E-state index contributed by atoms with van der Waals surface area (Å²) in [5, 5.41) is 0. The lowest BCUT2D eigenvalue weighted by Gasteiger charge is -2.12. The lowest BCUT2D eigenvalue weighted by Crippen LogP contribution is -2.14. The Morgan fingerprint density at radius 3 is 1.69 bits per heavy atom. The molecule has 7 heteroatoms. The highest BCUT2D eigenvalue weighted by Gasteiger charge is 2.17. The maximum Gasteiger partial charge on any atom is 0.338 e. The number of fused-ring (bicyclic) bond motifs is 1. The van der Waals surface area contributed by atoms with Crippen molar-refractivity contribution in [2.75, 3.05) is 20.8 Å². The molecule has 7 nitrogen and oxygen atoms in total. The fraction of sp³-hybridized carbons (Fsp3) is 0.125. The molecule has 0 unspecified atom stereocenters. The molecule has 0 saturated heterocycles. The predicted octanol–water partition coefficient (Wildman–Crippen LogP) is 6.33. The molecule has 194 valence electrons. The zero-order valence-corrected chi connectivity index (χ0v) is 21.8. The van der Waals surface area contributed by atoms with Crippen molar-refractivity contribution in [1.82, 2.24) is 9.97 Å². The van der Waals surface area contributed by atoms with E-state index in [-0.39, 0.29) is 18.0 Å². The average Bonchev–Trinajstić information content (AvgIpc) is 2.99. The molecule has 39 heavy (non-hydrogen) atoms. The predicted molar refractivity (Wildman–Crippen MR) is 149 cm³/mol. The molecule has 0 fully saturated rings. The molecule has 0 amide bonds. The van der Waals surface area contributed by atoms with Crippen LogP contribution in [0.1, 0.15) is 26.3 Å². The number of Topliss-reactive ketones (excluding diaryl/α,β-unsaturated/α-hetero) is 1. The molecule has 4 aromatic carbocycles. The molecule has 0 atom stereocenters. The van der Waals surface area contributed by atoms with E-state index in [1.54, 1.807) is 44.6 Å². The van der Waals surface area contributed by atoms with E-state index < -0.39 is 5.97 Å². The van der Waals surface area contributed by atoms with Gasteiger partial charge in [0.2, 0.25) is 0 Å². The summed E-state index contributed by atoms with van der Waals surface area (Å²) in [4.78, 5) is 35.1. The Morgan fingerprint density at radius 2 is 1.15 bits per heavy atom. The highest BCUT2D eigenvalue weighted by molar-refractivity contribution is 6.00. The Hall–Kier alpha value is -5.04. The molecule has 0 spiro atoms. The molecule has 1 heterocycles. The van der Waals surface area contributed by atoms with Crippen molar-refractivity contribution >= 4 is 22.8 Å². The molecule has 0 aliphatic heterocycles. The molecule has 0 aliphatic rings. The monoisotopic (exact) mass is 518 g/mol. The minimum atomic E-state index is -0.607. The number of carbonyl (C=O) groups is 2. The molecular weight excluding hydrogens is 492 g/mol. The number of aromatic nitrogens is 2. The summed E-state index contributed by atoms with van der Waals surface area (Å²) < 4.78 is 15.9. The first-order chi connectivity index (χ1) is 18.9. The van der Waals surface area contributed by atoms with Gasteiger partial charge in [-0.05, 0) is 73.7 Å². The van der Waals surface area contributed by atoms with Gasteiger partial charge in [0.25, 0.3) is 0 Å². The topological polar surface area (TPSA) is 87.6 Å². The first-order valence-corrected chi connectivity index (χ1v) is 12.3. The van der Waals surface area contributed by atoms with Crippen LogP contribution < -0.4 is 9.47 Å². The van der Waals surface area contributed by atoms with E-state index >= 15 is 0 Å². The van der Waals surface area contributed by atoms with Crippen LogP contribution in [0.2, 0.25) is 0 Å². The van der Waals surface area contributed by atoms with Gasteiger partial charge in [-0.25, -0.2) is 14.8 Å². The quantitative estimate of drug-likeness (QED) is 0.175. The van der Waals surface area contributed by atoms with Crippen molar-refractivity contribution in [1.29, 1.82) is 0 Å². The lowest BCUT2D eigenvalue weighted by atomic mass is 10.0. The second-order valence-corrected chi connectivity index (χ2v) is 8.95. The van der Waals surface area contributed by atoms with Crippen LogP contribution in [0.4, 0.5) is 0 Å². The first-order valence-electron chi connectivity index (χ1n) is 12.3. The van der Waals surface area contributed by atoms with E-state index in [0.29, 0.717) is 28.0 Å². The number of benzene rings is 4. The summed E-state index contributed by atoms with van der Waals surface area (Å²) >= 11 is 0. The molecule has 0 bridgehead atoms. The zero-order valence-electron chi connectivity index (χ0n) is 21.8. The zero-order chi connectivity index (χ0) is 27.4. The van der Waals surface area contributed by atoms with Gasteiger partial charge in [-0.3, -0.25) is 4.79 Å². The smallest absolute Gasteiger partial charge is 0.338 e. The highest BCUT2D eigenvalue weighted by atomic mass is 16.5. The van der Waals surface area contributed by atoms with Crippen molar-refractivity contribution in [3.8, 4) is 34.0 Å². The van der Waals surface area contributed by atoms with Gasteiger partial charge in [-0.1, -0.05) is 29.8 Å². The van der Waals surface area contributed by atoms with E-state index in [1.165, 1.54) is 0 Å². The third-order valence-corrected chi connectivity index (χ3v) is 6.33. The van der Waals surface area contributed by atoms with Crippen molar-refractivity contribution in [2.24, 2.45) is 0 Å². The fourth-order valence-electron chi connectivity index (χ4n) is 4.12. The number of ketones is 1.